The summed E-state index contributed by atoms with van der Waals surface area (Å²) in [6.07, 6.45) is 11.4. The average molecular weight is 537 g/mol. The Labute approximate surface area is 230 Å². The van der Waals surface area contributed by atoms with Gasteiger partial charge in [-0.25, -0.2) is 13.2 Å². The van der Waals surface area contributed by atoms with Gasteiger partial charge in [-0.05, 0) is 54.5 Å². The normalized spacial score (nSPS) is 17.7. The van der Waals surface area contributed by atoms with Crippen molar-refractivity contribution >= 4 is 0 Å². The van der Waals surface area contributed by atoms with Crippen molar-refractivity contribution in [2.75, 3.05) is 13.2 Å². The quantitative estimate of drug-likeness (QED) is 0.169. The van der Waals surface area contributed by atoms with Crippen LogP contribution in [0.4, 0.5) is 13.2 Å². The maximum absolute atomic E-state index is 15.1. The van der Waals surface area contributed by atoms with E-state index in [1.165, 1.54) is 12.5 Å². The first-order chi connectivity index (χ1) is 19.0. The first-order valence-electron chi connectivity index (χ1n) is 14.2. The molecule has 3 aromatic rings. The van der Waals surface area contributed by atoms with Crippen molar-refractivity contribution < 1.29 is 22.6 Å². The minimum atomic E-state index is -0.828. The summed E-state index contributed by atoms with van der Waals surface area (Å²) >= 11 is 0. The number of unbranched alkanes of at least 4 members (excludes halogenated alkanes) is 4. The van der Waals surface area contributed by atoms with Crippen LogP contribution in [0.25, 0.3) is 22.3 Å². The van der Waals surface area contributed by atoms with Gasteiger partial charge in [0.25, 0.3) is 0 Å². The predicted molar refractivity (Wildman–Crippen MR) is 152 cm³/mol. The highest BCUT2D eigenvalue weighted by molar-refractivity contribution is 5.71. The fourth-order valence-corrected chi connectivity index (χ4v) is 5.07. The van der Waals surface area contributed by atoms with Crippen molar-refractivity contribution in [2.24, 2.45) is 0 Å². The highest BCUT2D eigenvalue weighted by Gasteiger charge is 2.24. The second-order valence-corrected chi connectivity index (χ2v) is 10.3. The fourth-order valence-electron chi connectivity index (χ4n) is 5.07. The Kier molecular flexibility index (Phi) is 10.8. The van der Waals surface area contributed by atoms with E-state index in [1.807, 2.05) is 19.1 Å². The van der Waals surface area contributed by atoms with Crippen molar-refractivity contribution in [3.63, 3.8) is 0 Å². The first kappa shape index (κ1) is 29.1. The molecule has 1 aliphatic rings. The molecule has 0 radical (unpaired) electrons. The third-order valence-corrected chi connectivity index (χ3v) is 7.45. The number of allylic oxidation sites excluding steroid dienone is 2. The Hall–Kier alpha value is -2.89. The molecule has 1 aliphatic heterocycles. The molecule has 0 aromatic heterocycles. The fraction of sp³-hybridized carbons (Fsp3) is 0.412. The lowest BCUT2D eigenvalue weighted by Crippen LogP contribution is -2.30. The second-order valence-electron chi connectivity index (χ2n) is 10.3. The molecule has 208 valence electrons. The van der Waals surface area contributed by atoms with E-state index in [2.05, 4.69) is 13.0 Å². The highest BCUT2D eigenvalue weighted by Crippen LogP contribution is 2.32. The molecule has 39 heavy (non-hydrogen) atoms. The van der Waals surface area contributed by atoms with E-state index >= 15 is 4.39 Å². The van der Waals surface area contributed by atoms with Crippen molar-refractivity contribution in [2.45, 2.75) is 77.4 Å². The molecule has 4 rings (SSSR count). The molecule has 3 aromatic carbocycles. The number of halogens is 3. The van der Waals surface area contributed by atoms with Crippen LogP contribution in [0.2, 0.25) is 0 Å². The van der Waals surface area contributed by atoms with Crippen LogP contribution >= 0.6 is 0 Å². The van der Waals surface area contributed by atoms with Crippen LogP contribution in [0, 0.1) is 17.5 Å². The van der Waals surface area contributed by atoms with Gasteiger partial charge in [-0.2, -0.15) is 0 Å². The highest BCUT2D eigenvalue weighted by atomic mass is 19.2. The maximum atomic E-state index is 15.1. The van der Waals surface area contributed by atoms with Gasteiger partial charge in [0.1, 0.15) is 5.82 Å². The van der Waals surface area contributed by atoms with E-state index in [4.69, 9.17) is 9.47 Å². The van der Waals surface area contributed by atoms with Gasteiger partial charge in [-0.1, -0.05) is 93.3 Å². The molecule has 1 fully saturated rings. The third kappa shape index (κ3) is 7.61. The Morgan fingerprint density at radius 3 is 2.13 bits per heavy atom. The largest absolute Gasteiger partial charge is 0.352 e. The average Bonchev–Trinajstić information content (AvgIpc) is 2.96. The van der Waals surface area contributed by atoms with Crippen LogP contribution in [0.3, 0.4) is 0 Å². The third-order valence-electron chi connectivity index (χ3n) is 7.45. The van der Waals surface area contributed by atoms with Crippen LogP contribution in [-0.2, 0) is 15.9 Å². The van der Waals surface area contributed by atoms with Crippen LogP contribution in [-0.4, -0.2) is 19.5 Å². The zero-order valence-electron chi connectivity index (χ0n) is 23.0. The van der Waals surface area contributed by atoms with Gasteiger partial charge in [0.15, 0.2) is 17.9 Å². The van der Waals surface area contributed by atoms with E-state index in [0.29, 0.717) is 41.9 Å². The molecule has 0 N–H and O–H groups in total. The Morgan fingerprint density at radius 1 is 0.795 bits per heavy atom. The molecular weight excluding hydrogens is 497 g/mol. The van der Waals surface area contributed by atoms with Gasteiger partial charge >= 0.3 is 0 Å². The predicted octanol–water partition coefficient (Wildman–Crippen LogP) is 9.76. The SMILES string of the molecule is CC=CCCC1OCC(c2ccc(-c3ccc(-c4ccc(CCCCCCC)c(F)c4F)cc3)c(F)c2)CO1. The summed E-state index contributed by atoms with van der Waals surface area (Å²) in [6, 6.07) is 15.4. The molecule has 2 nitrogen and oxygen atoms in total. The Bertz CT molecular complexity index is 1230. The van der Waals surface area contributed by atoms with Gasteiger partial charge in [0, 0.05) is 23.5 Å². The summed E-state index contributed by atoms with van der Waals surface area (Å²) in [7, 11) is 0. The number of hydrogen-bond donors (Lipinski definition) is 0. The molecule has 0 atom stereocenters. The zero-order chi connectivity index (χ0) is 27.6. The smallest absolute Gasteiger partial charge is 0.166 e. The van der Waals surface area contributed by atoms with E-state index in [0.717, 1.165) is 44.1 Å². The lowest BCUT2D eigenvalue weighted by molar-refractivity contribution is -0.189. The maximum Gasteiger partial charge on any atom is 0.166 e. The van der Waals surface area contributed by atoms with Gasteiger partial charge in [0.2, 0.25) is 0 Å². The van der Waals surface area contributed by atoms with Crippen molar-refractivity contribution in [1.29, 1.82) is 0 Å². The van der Waals surface area contributed by atoms with E-state index in [1.54, 1.807) is 42.5 Å². The molecule has 0 bridgehead atoms. The standard InChI is InChI=1S/C34H39F3O2/c1-3-5-7-8-10-11-26-17-20-30(34(37)33(26)36)25-15-13-24(14-16-25)29-19-18-27(21-31(29)35)28-22-38-32(39-23-28)12-9-6-4-2/h4,6,13-21,28,32H,3,5,7-12,22-23H2,1-2H3. The molecule has 1 saturated heterocycles. The molecular formula is C34H39F3O2. The molecule has 0 spiro atoms. The number of benzene rings is 3. The van der Waals surface area contributed by atoms with Gasteiger partial charge in [-0.3, -0.25) is 0 Å². The molecule has 0 amide bonds. The summed E-state index contributed by atoms with van der Waals surface area (Å²) < 4.78 is 56.5. The topological polar surface area (TPSA) is 18.5 Å². The molecule has 1 heterocycles. The van der Waals surface area contributed by atoms with Crippen LogP contribution in [0.5, 0.6) is 0 Å². The molecule has 0 saturated carbocycles. The summed E-state index contributed by atoms with van der Waals surface area (Å²) in [5.74, 6) is -1.96. The van der Waals surface area contributed by atoms with E-state index < -0.39 is 11.6 Å². The van der Waals surface area contributed by atoms with Crippen molar-refractivity contribution in [3.05, 3.63) is 95.3 Å². The van der Waals surface area contributed by atoms with Gasteiger partial charge < -0.3 is 9.47 Å². The van der Waals surface area contributed by atoms with Crippen molar-refractivity contribution in [1.82, 2.24) is 0 Å². The molecule has 0 aliphatic carbocycles. The first-order valence-corrected chi connectivity index (χ1v) is 14.2. The summed E-state index contributed by atoms with van der Waals surface area (Å²) in [4.78, 5) is 0. The van der Waals surface area contributed by atoms with Gasteiger partial charge in [0.05, 0.1) is 13.2 Å². The summed E-state index contributed by atoms with van der Waals surface area (Å²) in [5, 5.41) is 0. The summed E-state index contributed by atoms with van der Waals surface area (Å²) in [5.41, 5.74) is 3.16. The number of hydrogen-bond acceptors (Lipinski definition) is 2. The number of rotatable bonds is 12. The number of aryl methyl sites for hydroxylation is 1. The minimum absolute atomic E-state index is 0.0222. The van der Waals surface area contributed by atoms with Crippen molar-refractivity contribution in [3.8, 4) is 22.3 Å². The van der Waals surface area contributed by atoms with Crippen LogP contribution in [0.15, 0.2) is 66.7 Å². The monoisotopic (exact) mass is 536 g/mol. The number of ether oxygens (including phenoxy) is 2. The summed E-state index contributed by atoms with van der Waals surface area (Å²) in [6.45, 7) is 5.13. The molecule has 5 heteroatoms. The second kappa shape index (κ2) is 14.5. The van der Waals surface area contributed by atoms with Crippen LogP contribution < -0.4 is 0 Å². The van der Waals surface area contributed by atoms with Gasteiger partial charge in [-0.15, -0.1) is 0 Å². The van der Waals surface area contributed by atoms with Crippen LogP contribution in [0.1, 0.15) is 75.8 Å². The minimum Gasteiger partial charge on any atom is -0.352 e. The zero-order valence-corrected chi connectivity index (χ0v) is 23.0. The Morgan fingerprint density at radius 2 is 1.46 bits per heavy atom. The lowest BCUT2D eigenvalue weighted by Gasteiger charge is -2.29. The van der Waals surface area contributed by atoms with E-state index in [9.17, 15) is 8.78 Å². The Balaban J connectivity index is 1.40. The molecule has 0 unspecified atom stereocenters. The van der Waals surface area contributed by atoms with E-state index in [-0.39, 0.29) is 23.6 Å². The lowest BCUT2D eigenvalue weighted by atomic mass is 9.94.